The van der Waals surface area contributed by atoms with E-state index in [0.29, 0.717) is 11.5 Å². The number of hydrogen-bond acceptors (Lipinski definition) is 8. The van der Waals surface area contributed by atoms with Gasteiger partial charge in [-0.05, 0) is 38.1 Å². The molecule has 1 aromatic carbocycles. The molecule has 4 rings (SSSR count). The molecule has 160 valence electrons. The van der Waals surface area contributed by atoms with Gasteiger partial charge in [-0.2, -0.15) is 5.26 Å². The van der Waals surface area contributed by atoms with Crippen LogP contribution in [0, 0.1) is 24.1 Å². The van der Waals surface area contributed by atoms with Gasteiger partial charge in [-0.1, -0.05) is 11.6 Å². The van der Waals surface area contributed by atoms with Crippen molar-refractivity contribution < 1.29 is 4.39 Å². The van der Waals surface area contributed by atoms with Gasteiger partial charge in [-0.3, -0.25) is 14.3 Å². The van der Waals surface area contributed by atoms with Crippen LogP contribution in [-0.2, 0) is 0 Å². The van der Waals surface area contributed by atoms with Crippen LogP contribution in [0.25, 0.3) is 16.6 Å². The third-order valence-electron chi connectivity index (χ3n) is 4.76. The van der Waals surface area contributed by atoms with Gasteiger partial charge in [0.2, 0.25) is 0 Å². The molecule has 0 fully saturated rings. The highest BCUT2D eigenvalue weighted by atomic mass is 35.5. The second kappa shape index (κ2) is 8.20. The maximum absolute atomic E-state index is 14.6. The SMILES string of the molecule is Cc1nc(N)c(C#N)c(N[C@@H](C)c2nc3c(F)ccc(Cl)c3c(=O)n2-c2cccnc2)n1. The minimum atomic E-state index is -0.702. The van der Waals surface area contributed by atoms with E-state index < -0.39 is 17.4 Å². The van der Waals surface area contributed by atoms with Gasteiger partial charge in [-0.25, -0.2) is 19.3 Å². The van der Waals surface area contributed by atoms with E-state index in [4.69, 9.17) is 17.3 Å². The van der Waals surface area contributed by atoms with Crippen molar-refractivity contribution >= 4 is 34.1 Å². The number of pyridine rings is 1. The number of fused-ring (bicyclic) bond motifs is 1. The fraction of sp³-hybridized carbons (Fsp3) is 0.143. The number of hydrogen-bond donors (Lipinski definition) is 2. The first-order valence-electron chi connectivity index (χ1n) is 9.43. The predicted octanol–water partition coefficient (Wildman–Crippen LogP) is 3.30. The van der Waals surface area contributed by atoms with Crippen LogP contribution < -0.4 is 16.6 Å². The van der Waals surface area contributed by atoms with Crippen LogP contribution in [0.4, 0.5) is 16.0 Å². The summed E-state index contributed by atoms with van der Waals surface area (Å²) in [5, 5.41) is 12.5. The van der Waals surface area contributed by atoms with Crippen LogP contribution in [0.2, 0.25) is 5.02 Å². The highest BCUT2D eigenvalue weighted by Crippen LogP contribution is 2.27. The maximum Gasteiger partial charge on any atom is 0.267 e. The molecule has 3 N–H and O–H groups in total. The molecule has 0 aliphatic heterocycles. The van der Waals surface area contributed by atoms with Gasteiger partial charge in [0.25, 0.3) is 5.56 Å². The Morgan fingerprint density at radius 1 is 1.28 bits per heavy atom. The Bertz CT molecular complexity index is 1450. The standard InChI is InChI=1S/C21H16ClFN8O/c1-10(27-19-13(8-24)18(25)28-11(2)29-19)20-30-17-15(23)6-5-14(22)16(17)21(32)31(20)12-4-3-7-26-9-12/h3-7,9-10H,1-2H3,(H3,25,27,28,29)/t10-/m0/s1. The van der Waals surface area contributed by atoms with Crippen molar-refractivity contribution in [1.82, 2.24) is 24.5 Å². The summed E-state index contributed by atoms with van der Waals surface area (Å²) in [6.07, 6.45) is 3.04. The Kier molecular flexibility index (Phi) is 5.42. The van der Waals surface area contributed by atoms with Gasteiger partial charge in [0.15, 0.2) is 5.82 Å². The summed E-state index contributed by atoms with van der Waals surface area (Å²) in [6, 6.07) is 7.04. The average Bonchev–Trinajstić information content (AvgIpc) is 2.76. The molecule has 4 aromatic rings. The lowest BCUT2D eigenvalue weighted by atomic mass is 10.2. The molecule has 0 saturated heterocycles. The predicted molar refractivity (Wildman–Crippen MR) is 118 cm³/mol. The zero-order chi connectivity index (χ0) is 23.0. The van der Waals surface area contributed by atoms with Crippen LogP contribution >= 0.6 is 11.6 Å². The fourth-order valence-corrected chi connectivity index (χ4v) is 3.57. The lowest BCUT2D eigenvalue weighted by molar-refractivity contribution is 0.632. The molecule has 0 radical (unpaired) electrons. The Morgan fingerprint density at radius 3 is 2.75 bits per heavy atom. The third-order valence-corrected chi connectivity index (χ3v) is 5.07. The van der Waals surface area contributed by atoms with E-state index in [1.54, 1.807) is 32.2 Å². The summed E-state index contributed by atoms with van der Waals surface area (Å²) in [5.74, 6) is 0.0148. The van der Waals surface area contributed by atoms with Gasteiger partial charge < -0.3 is 11.1 Å². The first-order chi connectivity index (χ1) is 15.3. The minimum Gasteiger partial charge on any atom is -0.382 e. The lowest BCUT2D eigenvalue weighted by Crippen LogP contribution is -2.28. The Balaban J connectivity index is 1.97. The number of aromatic nitrogens is 5. The molecular weight excluding hydrogens is 435 g/mol. The zero-order valence-corrected chi connectivity index (χ0v) is 17.7. The first-order valence-corrected chi connectivity index (χ1v) is 9.81. The number of aryl methyl sites for hydroxylation is 1. The third kappa shape index (κ3) is 3.59. The fourth-order valence-electron chi connectivity index (χ4n) is 3.34. The maximum atomic E-state index is 14.6. The number of nitriles is 1. The highest BCUT2D eigenvalue weighted by Gasteiger charge is 2.23. The molecule has 0 aliphatic carbocycles. The molecule has 1 atom stereocenters. The van der Waals surface area contributed by atoms with Crippen molar-refractivity contribution in [1.29, 1.82) is 5.26 Å². The minimum absolute atomic E-state index is 0.0173. The Labute approximate surface area is 186 Å². The molecule has 0 bridgehead atoms. The number of nitrogens with one attached hydrogen (secondary N) is 1. The summed E-state index contributed by atoms with van der Waals surface area (Å²) in [5.41, 5.74) is 5.58. The van der Waals surface area contributed by atoms with Crippen LogP contribution in [0.5, 0.6) is 0 Å². The van der Waals surface area contributed by atoms with Gasteiger partial charge in [-0.15, -0.1) is 0 Å². The Morgan fingerprint density at radius 2 is 2.06 bits per heavy atom. The average molecular weight is 451 g/mol. The first kappa shape index (κ1) is 21.1. The Hall–Kier alpha value is -4.10. The summed E-state index contributed by atoms with van der Waals surface area (Å²) in [6.45, 7) is 3.32. The molecule has 0 saturated carbocycles. The molecule has 3 aromatic heterocycles. The van der Waals surface area contributed by atoms with E-state index in [1.807, 2.05) is 6.07 Å². The van der Waals surface area contributed by atoms with Crippen molar-refractivity contribution in [3.05, 3.63) is 75.1 Å². The van der Waals surface area contributed by atoms with Gasteiger partial charge >= 0.3 is 0 Å². The van der Waals surface area contributed by atoms with Gasteiger partial charge in [0.1, 0.15) is 40.4 Å². The van der Waals surface area contributed by atoms with Crippen molar-refractivity contribution in [3.63, 3.8) is 0 Å². The van der Waals surface area contributed by atoms with Crippen molar-refractivity contribution in [2.45, 2.75) is 19.9 Å². The van der Waals surface area contributed by atoms with E-state index in [2.05, 4.69) is 25.3 Å². The summed E-state index contributed by atoms with van der Waals surface area (Å²) in [7, 11) is 0. The van der Waals surface area contributed by atoms with Crippen LogP contribution in [0.3, 0.4) is 0 Å². The van der Waals surface area contributed by atoms with Gasteiger partial charge in [0, 0.05) is 6.20 Å². The number of nitrogens with zero attached hydrogens (tertiary/aromatic N) is 6. The van der Waals surface area contributed by atoms with Crippen LogP contribution in [0.1, 0.15) is 30.2 Å². The summed E-state index contributed by atoms with van der Waals surface area (Å²) >= 11 is 6.21. The summed E-state index contributed by atoms with van der Waals surface area (Å²) < 4.78 is 15.9. The van der Waals surface area contributed by atoms with E-state index in [1.165, 1.54) is 16.8 Å². The second-order valence-corrected chi connectivity index (χ2v) is 7.34. The number of nitrogens with two attached hydrogens (primary N) is 1. The number of halogens is 2. The van der Waals surface area contributed by atoms with E-state index in [9.17, 15) is 14.4 Å². The van der Waals surface area contributed by atoms with Crippen molar-refractivity contribution in [2.75, 3.05) is 11.1 Å². The highest BCUT2D eigenvalue weighted by molar-refractivity contribution is 6.35. The number of rotatable bonds is 4. The summed E-state index contributed by atoms with van der Waals surface area (Å²) in [4.78, 5) is 30.1. The molecule has 3 heterocycles. The number of nitrogen functional groups attached to an aromatic ring is 1. The second-order valence-electron chi connectivity index (χ2n) is 6.93. The molecule has 32 heavy (non-hydrogen) atoms. The van der Waals surface area contributed by atoms with E-state index in [0.717, 1.165) is 6.07 Å². The number of benzene rings is 1. The number of anilines is 2. The monoisotopic (exact) mass is 450 g/mol. The zero-order valence-electron chi connectivity index (χ0n) is 17.0. The smallest absolute Gasteiger partial charge is 0.267 e. The van der Waals surface area contributed by atoms with Crippen LogP contribution in [-0.4, -0.2) is 24.5 Å². The largest absolute Gasteiger partial charge is 0.382 e. The van der Waals surface area contributed by atoms with E-state index >= 15 is 0 Å². The normalized spacial score (nSPS) is 11.8. The quantitative estimate of drug-likeness (QED) is 0.483. The molecule has 0 amide bonds. The molecule has 0 spiro atoms. The van der Waals surface area contributed by atoms with E-state index in [-0.39, 0.29) is 38.9 Å². The molecule has 9 nitrogen and oxygen atoms in total. The van der Waals surface area contributed by atoms with Gasteiger partial charge in [0.05, 0.1) is 28.3 Å². The van der Waals surface area contributed by atoms with Crippen LogP contribution in [0.15, 0.2) is 41.5 Å². The topological polar surface area (TPSA) is 135 Å². The molecule has 0 unspecified atom stereocenters. The van der Waals surface area contributed by atoms with Crippen molar-refractivity contribution in [2.24, 2.45) is 0 Å². The lowest BCUT2D eigenvalue weighted by Gasteiger charge is -2.21. The van der Waals surface area contributed by atoms with Crippen molar-refractivity contribution in [3.8, 4) is 11.8 Å². The molecule has 11 heteroatoms. The molecular formula is C21H16ClFN8O. The molecule has 0 aliphatic rings.